The number of ether oxygens (including phenoxy) is 3. The number of amides is 1. The molecule has 2 aliphatic rings. The van der Waals surface area contributed by atoms with E-state index in [1.165, 1.54) is 13.0 Å². The van der Waals surface area contributed by atoms with Crippen LogP contribution in [-0.4, -0.2) is 50.4 Å². The molecule has 6 nitrogen and oxygen atoms in total. The molecule has 0 aromatic heterocycles. The number of nitrogens with one attached hydrogen (secondary N) is 1. The number of fused-ring (bicyclic) bond motifs is 1. The topological polar surface area (TPSA) is 52.4 Å². The molecule has 2 aromatic rings. The van der Waals surface area contributed by atoms with Gasteiger partial charge in [-0.3, -0.25) is 4.79 Å². The number of hydrogen-bond donors (Lipinski definition) is 1. The summed E-state index contributed by atoms with van der Waals surface area (Å²) in [7, 11) is 1.60. The second kappa shape index (κ2) is 9.49. The van der Waals surface area contributed by atoms with Crippen molar-refractivity contribution in [3.63, 3.8) is 0 Å². The van der Waals surface area contributed by atoms with Crippen molar-refractivity contribution >= 4 is 5.91 Å². The van der Waals surface area contributed by atoms with Crippen molar-refractivity contribution in [3.8, 4) is 11.5 Å². The summed E-state index contributed by atoms with van der Waals surface area (Å²) in [5.41, 5.74) is 1.92. The normalized spacial score (nSPS) is 20.9. The van der Waals surface area contributed by atoms with E-state index in [9.17, 15) is 4.79 Å². The Morgan fingerprint density at radius 3 is 2.77 bits per heavy atom. The van der Waals surface area contributed by atoms with Crippen LogP contribution in [0.15, 0.2) is 48.5 Å². The molecule has 1 fully saturated rings. The number of carbonyl (C=O) groups excluding carboxylic acids is 1. The molecule has 0 saturated carbocycles. The van der Waals surface area contributed by atoms with Gasteiger partial charge < -0.3 is 24.0 Å². The number of nitrogens with zero attached hydrogens (tertiary/aromatic N) is 1. The van der Waals surface area contributed by atoms with Crippen molar-refractivity contribution in [1.29, 1.82) is 0 Å². The van der Waals surface area contributed by atoms with E-state index in [2.05, 4.69) is 6.92 Å². The Hall–Kier alpha value is -2.57. The number of hydrogen-bond acceptors (Lipinski definition) is 4. The van der Waals surface area contributed by atoms with Gasteiger partial charge in [-0.1, -0.05) is 36.4 Å². The largest absolute Gasteiger partial charge is 0.454 e. The zero-order valence-electron chi connectivity index (χ0n) is 17.8. The molecule has 160 valence electrons. The molecule has 2 aliphatic heterocycles. The highest BCUT2D eigenvalue weighted by Gasteiger charge is 2.33. The van der Waals surface area contributed by atoms with Crippen LogP contribution in [0.3, 0.4) is 0 Å². The second-order valence-corrected chi connectivity index (χ2v) is 8.03. The van der Waals surface area contributed by atoms with Gasteiger partial charge in [-0.05, 0) is 30.2 Å². The van der Waals surface area contributed by atoms with E-state index in [-0.39, 0.29) is 12.7 Å². The summed E-state index contributed by atoms with van der Waals surface area (Å²) in [6.45, 7) is 5.99. The summed E-state index contributed by atoms with van der Waals surface area (Å²) in [6, 6.07) is 16.1. The van der Waals surface area contributed by atoms with Crippen LogP contribution in [0.1, 0.15) is 37.0 Å². The second-order valence-electron chi connectivity index (χ2n) is 8.03. The Morgan fingerprint density at radius 2 is 2.00 bits per heavy atom. The zero-order valence-corrected chi connectivity index (χ0v) is 17.8. The highest BCUT2D eigenvalue weighted by Crippen LogP contribution is 2.33. The third-order valence-electron chi connectivity index (χ3n) is 6.21. The first-order valence-electron chi connectivity index (χ1n) is 10.8. The van der Waals surface area contributed by atoms with Gasteiger partial charge >= 0.3 is 0 Å². The molecule has 0 radical (unpaired) electrons. The molecular formula is C24H31N2O4+. The molecule has 1 unspecified atom stereocenters. The Morgan fingerprint density at radius 1 is 1.20 bits per heavy atom. The molecule has 1 saturated heterocycles. The third-order valence-corrected chi connectivity index (χ3v) is 6.21. The van der Waals surface area contributed by atoms with Crippen LogP contribution < -0.4 is 14.4 Å². The van der Waals surface area contributed by atoms with Crippen molar-refractivity contribution in [1.82, 2.24) is 4.90 Å². The van der Waals surface area contributed by atoms with E-state index < -0.39 is 6.10 Å². The first kappa shape index (κ1) is 20.7. The molecule has 1 amide bonds. The van der Waals surface area contributed by atoms with Gasteiger partial charge in [0.15, 0.2) is 17.6 Å². The Balaban J connectivity index is 1.58. The molecule has 6 heteroatoms. The highest BCUT2D eigenvalue weighted by molar-refractivity contribution is 5.82. The van der Waals surface area contributed by atoms with Crippen molar-refractivity contribution in [2.45, 2.75) is 38.5 Å². The summed E-state index contributed by atoms with van der Waals surface area (Å²) in [5, 5.41) is 0. The standard InChI is InChI=1S/C24H30N2O4/c1-3-25-13-7-10-20(25)16-26(15-18-11-12-21-22(14-18)30-17-29-21)24(27)23(28-2)19-8-5-4-6-9-19/h4-6,8-9,11-12,14,20,23H,3,7,10,13,15-17H2,1-2H3/p+1/t20-,23-/m1/s1. The Labute approximate surface area is 178 Å². The van der Waals surface area contributed by atoms with Crippen molar-refractivity contribution in [2.75, 3.05) is 33.5 Å². The van der Waals surface area contributed by atoms with Crippen LogP contribution in [0.5, 0.6) is 11.5 Å². The summed E-state index contributed by atoms with van der Waals surface area (Å²) in [4.78, 5) is 17.2. The molecule has 1 N–H and O–H groups in total. The number of benzene rings is 2. The molecular weight excluding hydrogens is 380 g/mol. The van der Waals surface area contributed by atoms with Crippen LogP contribution >= 0.6 is 0 Å². The number of likely N-dealkylation sites (tertiary alicyclic amines) is 1. The highest BCUT2D eigenvalue weighted by atomic mass is 16.7. The molecule has 3 atom stereocenters. The number of methoxy groups -OCH3 is 1. The molecule has 4 rings (SSSR count). The first-order chi connectivity index (χ1) is 14.7. The lowest BCUT2D eigenvalue weighted by Gasteiger charge is -2.31. The van der Waals surface area contributed by atoms with Crippen LogP contribution in [0, 0.1) is 0 Å². The lowest BCUT2D eigenvalue weighted by Crippen LogP contribution is -3.14. The quantitative estimate of drug-likeness (QED) is 0.724. The van der Waals surface area contributed by atoms with Gasteiger partial charge in [-0.25, -0.2) is 0 Å². The van der Waals surface area contributed by atoms with Crippen LogP contribution in [0.25, 0.3) is 0 Å². The fourth-order valence-corrected chi connectivity index (χ4v) is 4.60. The van der Waals surface area contributed by atoms with Gasteiger partial charge in [0.25, 0.3) is 5.91 Å². The Kier molecular flexibility index (Phi) is 6.55. The van der Waals surface area contributed by atoms with Crippen molar-refractivity contribution < 1.29 is 23.9 Å². The van der Waals surface area contributed by atoms with Gasteiger partial charge in [0.1, 0.15) is 6.04 Å². The summed E-state index contributed by atoms with van der Waals surface area (Å²) >= 11 is 0. The van der Waals surface area contributed by atoms with Crippen molar-refractivity contribution in [3.05, 3.63) is 59.7 Å². The predicted octanol–water partition coefficient (Wildman–Crippen LogP) is 2.20. The van der Waals surface area contributed by atoms with Crippen LogP contribution in [0.4, 0.5) is 0 Å². The van der Waals surface area contributed by atoms with Gasteiger partial charge in [-0.15, -0.1) is 0 Å². The Bertz CT molecular complexity index is 858. The van der Waals surface area contributed by atoms with Gasteiger partial charge in [0.2, 0.25) is 6.79 Å². The molecule has 2 aromatic carbocycles. The number of rotatable bonds is 8. The summed E-state index contributed by atoms with van der Waals surface area (Å²) in [6.07, 6.45) is 1.76. The zero-order chi connectivity index (χ0) is 20.9. The smallest absolute Gasteiger partial charge is 0.256 e. The van der Waals surface area contributed by atoms with E-state index >= 15 is 0 Å². The average Bonchev–Trinajstić information content (AvgIpc) is 3.43. The third kappa shape index (κ3) is 4.45. The van der Waals surface area contributed by atoms with Gasteiger partial charge in [0, 0.05) is 26.5 Å². The minimum atomic E-state index is -0.605. The monoisotopic (exact) mass is 411 g/mol. The van der Waals surface area contributed by atoms with E-state index in [0.717, 1.165) is 42.1 Å². The fourth-order valence-electron chi connectivity index (χ4n) is 4.60. The minimum absolute atomic E-state index is 0.00344. The van der Waals surface area contributed by atoms with Gasteiger partial charge in [0.05, 0.1) is 19.6 Å². The molecule has 0 aliphatic carbocycles. The first-order valence-corrected chi connectivity index (χ1v) is 10.8. The number of quaternary nitrogens is 1. The molecule has 0 spiro atoms. The van der Waals surface area contributed by atoms with Gasteiger partial charge in [-0.2, -0.15) is 0 Å². The molecule has 0 bridgehead atoms. The maximum absolute atomic E-state index is 13.6. The maximum Gasteiger partial charge on any atom is 0.256 e. The number of carbonyl (C=O) groups is 1. The number of likely N-dealkylation sites (N-methyl/N-ethyl adjacent to an activating group) is 1. The van der Waals surface area contributed by atoms with Crippen molar-refractivity contribution in [2.24, 2.45) is 0 Å². The average molecular weight is 412 g/mol. The van der Waals surface area contributed by atoms with E-state index in [1.54, 1.807) is 12.0 Å². The maximum atomic E-state index is 13.6. The van der Waals surface area contributed by atoms with E-state index in [1.807, 2.05) is 53.4 Å². The summed E-state index contributed by atoms with van der Waals surface area (Å²) in [5.74, 6) is 1.50. The van der Waals surface area contributed by atoms with E-state index in [4.69, 9.17) is 14.2 Å². The fraction of sp³-hybridized carbons (Fsp3) is 0.458. The van der Waals surface area contributed by atoms with E-state index in [0.29, 0.717) is 12.6 Å². The molecule has 2 heterocycles. The van der Waals surface area contributed by atoms with Crippen LogP contribution in [0.2, 0.25) is 0 Å². The SMILES string of the molecule is CC[NH+]1CCC[C@@H]1CN(Cc1ccc2c(c1)OCO2)C(=O)[C@H](OC)c1ccccc1. The van der Waals surface area contributed by atoms with Crippen LogP contribution in [-0.2, 0) is 16.1 Å². The molecule has 30 heavy (non-hydrogen) atoms. The minimum Gasteiger partial charge on any atom is -0.454 e. The lowest BCUT2D eigenvalue weighted by atomic mass is 10.1. The lowest BCUT2D eigenvalue weighted by molar-refractivity contribution is -0.909. The predicted molar refractivity (Wildman–Crippen MR) is 114 cm³/mol. The summed E-state index contributed by atoms with van der Waals surface area (Å²) < 4.78 is 16.6.